The van der Waals surface area contributed by atoms with Crippen LogP contribution in [-0.2, 0) is 11.2 Å². The number of guanidine groups is 1. The Hall–Kier alpha value is -4.51. The summed E-state index contributed by atoms with van der Waals surface area (Å²) in [5.74, 6) is 0.0635. The second kappa shape index (κ2) is 10.2. The highest BCUT2D eigenvalue weighted by Gasteiger charge is 2.27. The summed E-state index contributed by atoms with van der Waals surface area (Å²) in [6.07, 6.45) is 4.99. The SMILES string of the molecule is CC(C)(C)C(/N=C(/NC#N)Nc1cccc2ncccc12)NC(=O)Cc1ccc2cccnc2c1. The monoisotopic (exact) mass is 465 g/mol. The molecule has 4 rings (SSSR count). The smallest absolute Gasteiger partial charge is 0.226 e. The van der Waals surface area contributed by atoms with Gasteiger partial charge in [0.2, 0.25) is 11.9 Å². The summed E-state index contributed by atoms with van der Waals surface area (Å²) in [4.78, 5) is 26.4. The number of carbonyl (C=O) groups excluding carboxylic acids is 1. The Morgan fingerprint density at radius 1 is 1.03 bits per heavy atom. The Morgan fingerprint density at radius 3 is 2.57 bits per heavy atom. The third-order valence-electron chi connectivity index (χ3n) is 5.48. The molecule has 8 nitrogen and oxygen atoms in total. The van der Waals surface area contributed by atoms with Gasteiger partial charge in [-0.1, -0.05) is 45.0 Å². The van der Waals surface area contributed by atoms with Crippen LogP contribution in [0.15, 0.2) is 78.0 Å². The van der Waals surface area contributed by atoms with E-state index in [4.69, 9.17) is 0 Å². The lowest BCUT2D eigenvalue weighted by Gasteiger charge is -2.29. The zero-order chi connectivity index (χ0) is 24.8. The molecule has 0 aliphatic carbocycles. The maximum absolute atomic E-state index is 13.0. The fourth-order valence-corrected chi connectivity index (χ4v) is 3.67. The van der Waals surface area contributed by atoms with Crippen molar-refractivity contribution in [1.82, 2.24) is 20.6 Å². The van der Waals surface area contributed by atoms with Crippen LogP contribution in [0.4, 0.5) is 5.69 Å². The molecule has 1 unspecified atom stereocenters. The van der Waals surface area contributed by atoms with E-state index < -0.39 is 11.6 Å². The van der Waals surface area contributed by atoms with E-state index in [1.807, 2.05) is 87.6 Å². The van der Waals surface area contributed by atoms with E-state index in [0.717, 1.165) is 33.1 Å². The molecule has 0 saturated heterocycles. The molecule has 0 spiro atoms. The number of pyridine rings is 2. The molecule has 2 aromatic heterocycles. The quantitative estimate of drug-likeness (QED) is 0.175. The van der Waals surface area contributed by atoms with Crippen LogP contribution in [0.5, 0.6) is 0 Å². The number of benzene rings is 2. The second-order valence-corrected chi connectivity index (χ2v) is 9.26. The predicted molar refractivity (Wildman–Crippen MR) is 138 cm³/mol. The molecule has 0 aliphatic rings. The van der Waals surface area contributed by atoms with Gasteiger partial charge in [0.05, 0.1) is 23.1 Å². The lowest BCUT2D eigenvalue weighted by atomic mass is 9.92. The van der Waals surface area contributed by atoms with E-state index in [0.29, 0.717) is 0 Å². The number of fused-ring (bicyclic) bond motifs is 2. The first kappa shape index (κ1) is 23.6. The lowest BCUT2D eigenvalue weighted by molar-refractivity contribution is -0.121. The van der Waals surface area contributed by atoms with Gasteiger partial charge >= 0.3 is 0 Å². The minimum absolute atomic E-state index is 0.172. The number of amides is 1. The number of nitrogens with one attached hydrogen (secondary N) is 3. The van der Waals surface area contributed by atoms with Crippen molar-refractivity contribution >= 4 is 39.4 Å². The zero-order valence-corrected chi connectivity index (χ0v) is 19.9. The molecule has 0 saturated carbocycles. The number of nitrogens with zero attached hydrogens (tertiary/aromatic N) is 4. The maximum atomic E-state index is 13.0. The predicted octanol–water partition coefficient (Wildman–Crippen LogP) is 4.35. The summed E-state index contributed by atoms with van der Waals surface area (Å²) in [7, 11) is 0. The van der Waals surface area contributed by atoms with Crippen LogP contribution in [-0.4, -0.2) is 28.0 Å². The molecule has 2 aromatic carbocycles. The summed E-state index contributed by atoms with van der Waals surface area (Å²) < 4.78 is 0. The molecule has 8 heteroatoms. The Bertz CT molecular complexity index is 1430. The van der Waals surface area contributed by atoms with Crippen molar-refractivity contribution in [2.45, 2.75) is 33.4 Å². The number of aliphatic imine (C=N–C) groups is 1. The zero-order valence-electron chi connectivity index (χ0n) is 19.9. The van der Waals surface area contributed by atoms with Crippen LogP contribution in [0.3, 0.4) is 0 Å². The van der Waals surface area contributed by atoms with E-state index in [1.54, 1.807) is 12.4 Å². The van der Waals surface area contributed by atoms with Gasteiger partial charge in [0, 0.05) is 28.6 Å². The summed E-state index contributed by atoms with van der Waals surface area (Å²) in [5.41, 5.74) is 2.86. The van der Waals surface area contributed by atoms with E-state index in [9.17, 15) is 10.1 Å². The number of carbonyl (C=O) groups is 1. The standard InChI is InChI=1S/C27H27N7O/c1-27(2,3)25(33-24(35)16-18-11-12-19-7-5-13-30-23(19)15-18)34-26(31-17-28)32-22-10-4-9-21-20(22)8-6-14-29-21/h4-15,25H,16H2,1-3H3,(H,33,35)(H2,31,32,34). The van der Waals surface area contributed by atoms with Gasteiger partial charge in [0.1, 0.15) is 6.17 Å². The number of rotatable bonds is 5. The second-order valence-electron chi connectivity index (χ2n) is 9.26. The van der Waals surface area contributed by atoms with Gasteiger partial charge in [-0.15, -0.1) is 0 Å². The summed E-state index contributed by atoms with van der Waals surface area (Å²) in [5, 5.41) is 20.0. The van der Waals surface area contributed by atoms with Gasteiger partial charge in [-0.3, -0.25) is 20.1 Å². The van der Waals surface area contributed by atoms with Crippen LogP contribution in [0.25, 0.3) is 21.8 Å². The maximum Gasteiger partial charge on any atom is 0.226 e. The van der Waals surface area contributed by atoms with Gasteiger partial charge < -0.3 is 10.6 Å². The van der Waals surface area contributed by atoms with E-state index in [1.165, 1.54) is 0 Å². The summed E-state index contributed by atoms with van der Waals surface area (Å²) >= 11 is 0. The van der Waals surface area contributed by atoms with Crippen LogP contribution in [0.1, 0.15) is 26.3 Å². The van der Waals surface area contributed by atoms with Crippen molar-refractivity contribution in [1.29, 1.82) is 5.26 Å². The minimum atomic E-state index is -0.593. The number of aromatic nitrogens is 2. The van der Waals surface area contributed by atoms with Crippen molar-refractivity contribution in [3.05, 3.63) is 78.6 Å². The molecule has 4 aromatic rings. The van der Waals surface area contributed by atoms with Gasteiger partial charge in [-0.05, 0) is 42.0 Å². The topological polar surface area (TPSA) is 115 Å². The van der Waals surface area contributed by atoms with E-state index in [2.05, 4.69) is 30.9 Å². The highest BCUT2D eigenvalue weighted by molar-refractivity contribution is 6.02. The van der Waals surface area contributed by atoms with Gasteiger partial charge in [0.25, 0.3) is 0 Å². The van der Waals surface area contributed by atoms with Gasteiger partial charge in [-0.25, -0.2) is 4.99 Å². The molecule has 0 fully saturated rings. The van der Waals surface area contributed by atoms with Gasteiger partial charge in [0.15, 0.2) is 6.19 Å². The lowest BCUT2D eigenvalue weighted by Crippen LogP contribution is -2.45. The van der Waals surface area contributed by atoms with Crippen molar-refractivity contribution in [3.63, 3.8) is 0 Å². The van der Waals surface area contributed by atoms with E-state index >= 15 is 0 Å². The van der Waals surface area contributed by atoms with Crippen molar-refractivity contribution in [2.75, 3.05) is 5.32 Å². The molecule has 0 bridgehead atoms. The molecule has 2 heterocycles. The number of hydrogen-bond donors (Lipinski definition) is 3. The largest absolute Gasteiger partial charge is 0.333 e. The Kier molecular flexibility index (Phi) is 6.88. The highest BCUT2D eigenvalue weighted by atomic mass is 16.1. The number of nitriles is 1. The highest BCUT2D eigenvalue weighted by Crippen LogP contribution is 2.23. The van der Waals surface area contributed by atoms with Crippen LogP contribution >= 0.6 is 0 Å². The molecule has 1 atom stereocenters. The van der Waals surface area contributed by atoms with Crippen LogP contribution in [0.2, 0.25) is 0 Å². The molecule has 3 N–H and O–H groups in total. The Labute approximate surface area is 204 Å². The molecule has 176 valence electrons. The van der Waals surface area contributed by atoms with E-state index in [-0.39, 0.29) is 18.3 Å². The Balaban J connectivity index is 1.56. The van der Waals surface area contributed by atoms with Crippen molar-refractivity contribution < 1.29 is 4.79 Å². The first-order chi connectivity index (χ1) is 16.8. The normalized spacial score (nSPS) is 12.7. The fraction of sp³-hybridized carbons (Fsp3) is 0.222. The molecular weight excluding hydrogens is 438 g/mol. The minimum Gasteiger partial charge on any atom is -0.333 e. The summed E-state index contributed by atoms with van der Waals surface area (Å²) in [6, 6.07) is 19.1. The first-order valence-corrected chi connectivity index (χ1v) is 11.3. The molecule has 0 radical (unpaired) electrons. The third-order valence-corrected chi connectivity index (χ3v) is 5.48. The van der Waals surface area contributed by atoms with Crippen LogP contribution in [0, 0.1) is 16.9 Å². The first-order valence-electron chi connectivity index (χ1n) is 11.3. The summed E-state index contributed by atoms with van der Waals surface area (Å²) in [6.45, 7) is 5.94. The van der Waals surface area contributed by atoms with Crippen molar-refractivity contribution in [3.8, 4) is 6.19 Å². The molecular formula is C27H27N7O. The average Bonchev–Trinajstić information content (AvgIpc) is 2.83. The average molecular weight is 466 g/mol. The van der Waals surface area contributed by atoms with Crippen LogP contribution < -0.4 is 16.0 Å². The molecule has 1 amide bonds. The third kappa shape index (κ3) is 5.89. The fourth-order valence-electron chi connectivity index (χ4n) is 3.67. The van der Waals surface area contributed by atoms with Gasteiger partial charge in [-0.2, -0.15) is 5.26 Å². The number of anilines is 1. The molecule has 35 heavy (non-hydrogen) atoms. The molecule has 0 aliphatic heterocycles. The number of hydrogen-bond acceptors (Lipinski definition) is 5. The van der Waals surface area contributed by atoms with Crippen molar-refractivity contribution in [2.24, 2.45) is 10.4 Å². The Morgan fingerprint density at radius 2 is 1.80 bits per heavy atom.